The summed E-state index contributed by atoms with van der Waals surface area (Å²) in [6, 6.07) is 0. The van der Waals surface area contributed by atoms with Crippen LogP contribution in [0.2, 0.25) is 0 Å². The van der Waals surface area contributed by atoms with Gasteiger partial charge in [0.05, 0.1) is 6.61 Å². The largest absolute Gasteiger partial charge is 0.465 e. The molecule has 0 saturated heterocycles. The molecule has 0 aromatic heterocycles. The minimum absolute atomic E-state index is 0.165. The van der Waals surface area contributed by atoms with Gasteiger partial charge in [-0.05, 0) is 59.0 Å². The highest BCUT2D eigenvalue weighted by Gasteiger charge is 2.14. The molecule has 0 N–H and O–H groups in total. The minimum Gasteiger partial charge on any atom is -0.465 e. The number of unbranched alkanes of at least 4 members (excludes halogenated alkanes) is 12. The Bertz CT molecular complexity index is 641. The van der Waals surface area contributed by atoms with E-state index in [0.29, 0.717) is 6.61 Å². The van der Waals surface area contributed by atoms with Crippen molar-refractivity contribution < 1.29 is 19.1 Å². The lowest BCUT2D eigenvalue weighted by atomic mass is 10.0. The average molecular weight is 571 g/mol. The highest BCUT2D eigenvalue weighted by atomic mass is 33.1. The van der Waals surface area contributed by atoms with Gasteiger partial charge in [0.15, 0.2) is 0 Å². The molecule has 1 unspecified atom stereocenters. The Morgan fingerprint density at radius 3 is 1.79 bits per heavy atom. The molecule has 0 fully saturated rings. The van der Waals surface area contributed by atoms with Crippen molar-refractivity contribution in [2.24, 2.45) is 0 Å². The fraction of sp³-hybridized carbons (Fsp3) is 0.812. The molecule has 38 heavy (non-hydrogen) atoms. The Kier molecular flexibility index (Phi) is 27.0. The molecular weight excluding hydrogens is 512 g/mol. The van der Waals surface area contributed by atoms with Gasteiger partial charge in [-0.15, -0.1) is 0 Å². The van der Waals surface area contributed by atoms with E-state index in [1.165, 1.54) is 103 Å². The van der Waals surface area contributed by atoms with Gasteiger partial charge in [-0.25, -0.2) is 0 Å². The first-order chi connectivity index (χ1) is 18.4. The molecule has 0 heterocycles. The number of esters is 2. The Labute approximate surface area is 243 Å². The molecular formula is C32H58O4S2. The highest BCUT2D eigenvalue weighted by Crippen LogP contribution is 2.23. The molecule has 0 spiro atoms. The van der Waals surface area contributed by atoms with Crippen LogP contribution in [0.15, 0.2) is 23.3 Å². The minimum atomic E-state index is -0.218. The Morgan fingerprint density at radius 1 is 0.711 bits per heavy atom. The summed E-state index contributed by atoms with van der Waals surface area (Å²) >= 11 is 0. The number of hydrogen-bond acceptors (Lipinski definition) is 6. The van der Waals surface area contributed by atoms with Gasteiger partial charge in [-0.3, -0.25) is 9.59 Å². The van der Waals surface area contributed by atoms with Crippen LogP contribution in [-0.4, -0.2) is 36.2 Å². The average Bonchev–Trinajstić information content (AvgIpc) is 2.87. The van der Waals surface area contributed by atoms with Crippen LogP contribution in [-0.2, 0) is 19.1 Å². The first-order valence-electron chi connectivity index (χ1n) is 15.3. The molecule has 6 heteroatoms. The highest BCUT2D eigenvalue weighted by molar-refractivity contribution is 8.77. The molecule has 0 amide bonds. The van der Waals surface area contributed by atoms with Crippen LogP contribution < -0.4 is 0 Å². The van der Waals surface area contributed by atoms with E-state index < -0.39 is 0 Å². The third-order valence-electron chi connectivity index (χ3n) is 6.38. The van der Waals surface area contributed by atoms with Gasteiger partial charge in [0.1, 0.15) is 17.6 Å². The molecule has 0 aliphatic carbocycles. The van der Waals surface area contributed by atoms with E-state index in [4.69, 9.17) is 9.47 Å². The molecule has 0 aliphatic heterocycles. The van der Waals surface area contributed by atoms with Crippen LogP contribution >= 0.6 is 21.6 Å². The zero-order valence-electron chi connectivity index (χ0n) is 25.3. The van der Waals surface area contributed by atoms with Crippen LogP contribution in [0.1, 0.15) is 144 Å². The zero-order chi connectivity index (χ0) is 28.3. The van der Waals surface area contributed by atoms with Crippen LogP contribution in [0.4, 0.5) is 0 Å². The molecule has 0 bridgehead atoms. The summed E-state index contributed by atoms with van der Waals surface area (Å²) < 4.78 is 11.0. The van der Waals surface area contributed by atoms with Crippen molar-refractivity contribution in [2.45, 2.75) is 150 Å². The van der Waals surface area contributed by atoms with E-state index in [9.17, 15) is 9.59 Å². The first-order valence-corrected chi connectivity index (χ1v) is 17.8. The summed E-state index contributed by atoms with van der Waals surface area (Å²) in [5.74, 6) is 0.0723. The van der Waals surface area contributed by atoms with Crippen molar-refractivity contribution >= 4 is 33.5 Å². The van der Waals surface area contributed by atoms with Crippen LogP contribution in [0.3, 0.4) is 0 Å². The Morgan fingerprint density at radius 2 is 1.24 bits per heavy atom. The summed E-state index contributed by atoms with van der Waals surface area (Å²) in [6.07, 6.45) is 24.9. The lowest BCUT2D eigenvalue weighted by molar-refractivity contribution is -0.144. The maximum atomic E-state index is 12.5. The molecule has 0 rings (SSSR count). The van der Waals surface area contributed by atoms with Gasteiger partial charge in [0, 0.05) is 0 Å². The molecule has 4 nitrogen and oxygen atoms in total. The molecule has 0 radical (unpaired) electrons. The van der Waals surface area contributed by atoms with Crippen molar-refractivity contribution in [1.29, 1.82) is 0 Å². The number of allylic oxidation sites excluding steroid dienone is 3. The number of rotatable bonds is 26. The number of ether oxygens (including phenoxy) is 2. The van der Waals surface area contributed by atoms with Gasteiger partial charge >= 0.3 is 11.9 Å². The monoisotopic (exact) mass is 570 g/mol. The molecule has 222 valence electrons. The van der Waals surface area contributed by atoms with Crippen molar-refractivity contribution in [3.05, 3.63) is 23.3 Å². The van der Waals surface area contributed by atoms with Crippen molar-refractivity contribution in [2.75, 3.05) is 18.1 Å². The van der Waals surface area contributed by atoms with E-state index >= 15 is 0 Å². The van der Waals surface area contributed by atoms with E-state index in [1.54, 1.807) is 0 Å². The summed E-state index contributed by atoms with van der Waals surface area (Å²) in [5.41, 5.74) is 2.61. The number of hydrogen-bond donors (Lipinski definition) is 0. The van der Waals surface area contributed by atoms with Gasteiger partial charge in [0.2, 0.25) is 0 Å². The topological polar surface area (TPSA) is 52.6 Å². The molecule has 0 aromatic rings. The van der Waals surface area contributed by atoms with Gasteiger partial charge < -0.3 is 9.47 Å². The number of carbonyl (C=O) groups is 2. The van der Waals surface area contributed by atoms with Crippen LogP contribution in [0.5, 0.6) is 0 Å². The number of carbonyl (C=O) groups excluding carboxylic acids is 2. The smallest absolute Gasteiger partial charge is 0.317 e. The molecule has 1 atom stereocenters. The Hall–Kier alpha value is -0.880. The standard InChI is InChI=1S/C32H58O4S2/c1-6-8-10-11-12-13-14-15-16-17-18-19-23-30(25-29(5)22-20-21-28(3)4)36-32(34)27-38-37-26-31(33)35-24-9-7-2/h21,25,30H,6-20,22-24,26-27H2,1-5H3/b29-25+. The predicted octanol–water partition coefficient (Wildman–Crippen LogP) is 10.4. The van der Waals surface area contributed by atoms with Crippen LogP contribution in [0, 0.1) is 0 Å². The summed E-state index contributed by atoms with van der Waals surface area (Å²) in [7, 11) is 2.73. The fourth-order valence-electron chi connectivity index (χ4n) is 4.11. The van der Waals surface area contributed by atoms with Gasteiger partial charge in [0.25, 0.3) is 0 Å². The van der Waals surface area contributed by atoms with Gasteiger partial charge in [-0.2, -0.15) is 0 Å². The lowest BCUT2D eigenvalue weighted by Crippen LogP contribution is -2.18. The first kappa shape index (κ1) is 37.1. The summed E-state index contributed by atoms with van der Waals surface area (Å²) in [4.78, 5) is 24.2. The lowest BCUT2D eigenvalue weighted by Gasteiger charge is -2.16. The summed E-state index contributed by atoms with van der Waals surface area (Å²) in [6.45, 7) is 11.2. The maximum Gasteiger partial charge on any atom is 0.317 e. The third-order valence-corrected chi connectivity index (χ3v) is 8.47. The van der Waals surface area contributed by atoms with E-state index in [2.05, 4.69) is 46.8 Å². The van der Waals surface area contributed by atoms with Crippen molar-refractivity contribution in [3.8, 4) is 0 Å². The SMILES string of the molecule is CCCCCCCCCCCCCCC(/C=C(\C)CCC=C(C)C)OC(=O)CSSCC(=O)OCCCC. The molecule has 0 aliphatic rings. The van der Waals surface area contributed by atoms with E-state index in [0.717, 1.165) is 38.5 Å². The van der Waals surface area contributed by atoms with E-state index in [-0.39, 0.29) is 29.5 Å². The molecule has 0 saturated carbocycles. The zero-order valence-corrected chi connectivity index (χ0v) is 27.0. The van der Waals surface area contributed by atoms with Crippen molar-refractivity contribution in [3.63, 3.8) is 0 Å². The normalized spacial score (nSPS) is 12.3. The van der Waals surface area contributed by atoms with Crippen LogP contribution in [0.25, 0.3) is 0 Å². The third kappa shape index (κ3) is 26.7. The second kappa shape index (κ2) is 27.7. The summed E-state index contributed by atoms with van der Waals surface area (Å²) in [5, 5.41) is 0. The maximum absolute atomic E-state index is 12.5. The Balaban J connectivity index is 4.33. The quantitative estimate of drug-likeness (QED) is 0.0446. The van der Waals surface area contributed by atoms with E-state index in [1.807, 2.05) is 0 Å². The fourth-order valence-corrected chi connectivity index (χ4v) is 5.69. The second-order valence-electron chi connectivity index (χ2n) is 10.6. The molecule has 0 aromatic carbocycles. The van der Waals surface area contributed by atoms with Crippen molar-refractivity contribution in [1.82, 2.24) is 0 Å². The predicted molar refractivity (Wildman–Crippen MR) is 169 cm³/mol. The van der Waals surface area contributed by atoms with Gasteiger partial charge in [-0.1, -0.05) is 130 Å². The second-order valence-corrected chi connectivity index (χ2v) is 13.1.